The van der Waals surface area contributed by atoms with Gasteiger partial charge in [-0.1, -0.05) is 12.1 Å². The topological polar surface area (TPSA) is 38.7 Å². The lowest BCUT2D eigenvalue weighted by Crippen LogP contribution is -2.47. The Morgan fingerprint density at radius 2 is 1.78 bits per heavy atom. The van der Waals surface area contributed by atoms with Crippen LogP contribution in [-0.2, 0) is 0 Å². The van der Waals surface area contributed by atoms with Crippen LogP contribution in [0.15, 0.2) is 24.3 Å². The van der Waals surface area contributed by atoms with E-state index in [-0.39, 0.29) is 11.6 Å². The smallest absolute Gasteiger partial charge is 0.0574 e. The molecule has 1 aromatic rings. The van der Waals surface area contributed by atoms with Crippen molar-refractivity contribution < 1.29 is 5.11 Å². The van der Waals surface area contributed by atoms with E-state index in [4.69, 9.17) is 0 Å². The number of aliphatic hydroxyl groups excluding tert-OH is 1. The zero-order valence-electron chi connectivity index (χ0n) is 15.3. The van der Waals surface area contributed by atoms with Crippen molar-refractivity contribution in [3.8, 4) is 0 Å². The molecule has 1 fully saturated rings. The quantitative estimate of drug-likeness (QED) is 0.845. The summed E-state index contributed by atoms with van der Waals surface area (Å²) in [6.45, 7) is 9.57. The fraction of sp³-hybridized carbons (Fsp3) is 0.684. The van der Waals surface area contributed by atoms with Crippen LogP contribution in [0.2, 0.25) is 0 Å². The summed E-state index contributed by atoms with van der Waals surface area (Å²) >= 11 is 0. The van der Waals surface area contributed by atoms with Crippen molar-refractivity contribution in [3.63, 3.8) is 0 Å². The SMILES string of the molecule is CC(NCC(C)(C)N(C)C)c1ccc(N2CCC(O)CC2)cc1. The highest BCUT2D eigenvalue weighted by atomic mass is 16.3. The van der Waals surface area contributed by atoms with Gasteiger partial charge in [0.05, 0.1) is 6.10 Å². The van der Waals surface area contributed by atoms with Crippen LogP contribution in [0.1, 0.15) is 45.2 Å². The molecule has 2 N–H and O–H groups in total. The normalized spacial score (nSPS) is 18.5. The molecular weight excluding hydrogens is 286 g/mol. The Kier molecular flexibility index (Phi) is 6.06. The minimum Gasteiger partial charge on any atom is -0.393 e. The van der Waals surface area contributed by atoms with Gasteiger partial charge in [-0.15, -0.1) is 0 Å². The van der Waals surface area contributed by atoms with E-state index in [0.717, 1.165) is 32.5 Å². The Balaban J connectivity index is 1.91. The number of anilines is 1. The van der Waals surface area contributed by atoms with E-state index >= 15 is 0 Å². The van der Waals surface area contributed by atoms with E-state index in [0.29, 0.717) is 6.04 Å². The summed E-state index contributed by atoms with van der Waals surface area (Å²) in [5, 5.41) is 13.3. The third-order valence-corrected chi connectivity index (χ3v) is 5.27. The zero-order valence-corrected chi connectivity index (χ0v) is 15.3. The molecule has 4 heteroatoms. The first-order valence-electron chi connectivity index (χ1n) is 8.73. The van der Waals surface area contributed by atoms with Gasteiger partial charge in [-0.2, -0.15) is 0 Å². The van der Waals surface area contributed by atoms with Gasteiger partial charge in [-0.05, 0) is 65.4 Å². The second-order valence-electron chi connectivity index (χ2n) is 7.62. The Morgan fingerprint density at radius 1 is 1.22 bits per heavy atom. The first-order chi connectivity index (χ1) is 10.8. The number of likely N-dealkylation sites (N-methyl/N-ethyl adjacent to an activating group) is 1. The summed E-state index contributed by atoms with van der Waals surface area (Å²) in [4.78, 5) is 4.62. The van der Waals surface area contributed by atoms with Crippen LogP contribution >= 0.6 is 0 Å². The number of aliphatic hydroxyl groups is 1. The molecule has 130 valence electrons. The van der Waals surface area contributed by atoms with Crippen LogP contribution < -0.4 is 10.2 Å². The van der Waals surface area contributed by atoms with Crippen LogP contribution in [0.5, 0.6) is 0 Å². The largest absolute Gasteiger partial charge is 0.393 e. The second kappa shape index (κ2) is 7.65. The van der Waals surface area contributed by atoms with Crippen LogP contribution in [0.3, 0.4) is 0 Å². The van der Waals surface area contributed by atoms with E-state index in [2.05, 4.69) is 74.2 Å². The standard InChI is InChI=1S/C19H33N3O/c1-15(20-14-19(2,3)21(4)5)16-6-8-17(9-7-16)22-12-10-18(23)11-13-22/h6-9,15,18,20,23H,10-14H2,1-5H3. The molecule has 1 aliphatic rings. The van der Waals surface area contributed by atoms with Crippen molar-refractivity contribution in [3.05, 3.63) is 29.8 Å². The average Bonchev–Trinajstić information content (AvgIpc) is 2.53. The summed E-state index contributed by atoms with van der Waals surface area (Å²) in [5.74, 6) is 0. The molecule has 0 bridgehead atoms. The molecule has 0 saturated carbocycles. The summed E-state index contributed by atoms with van der Waals surface area (Å²) < 4.78 is 0. The molecule has 23 heavy (non-hydrogen) atoms. The molecule has 2 rings (SSSR count). The fourth-order valence-corrected chi connectivity index (χ4v) is 2.78. The van der Waals surface area contributed by atoms with E-state index in [9.17, 15) is 5.11 Å². The van der Waals surface area contributed by atoms with Crippen molar-refractivity contribution in [2.24, 2.45) is 0 Å². The lowest BCUT2D eigenvalue weighted by molar-refractivity contribution is 0.145. The van der Waals surface area contributed by atoms with Crippen LogP contribution in [0, 0.1) is 0 Å². The molecule has 1 saturated heterocycles. The number of rotatable bonds is 6. The molecule has 0 amide bonds. The maximum atomic E-state index is 9.62. The molecule has 1 aromatic carbocycles. The molecule has 1 unspecified atom stereocenters. The number of nitrogens with zero attached hydrogens (tertiary/aromatic N) is 2. The maximum absolute atomic E-state index is 9.62. The van der Waals surface area contributed by atoms with Gasteiger partial charge in [0.1, 0.15) is 0 Å². The molecule has 4 nitrogen and oxygen atoms in total. The Morgan fingerprint density at radius 3 is 2.30 bits per heavy atom. The van der Waals surface area contributed by atoms with E-state index in [1.807, 2.05) is 0 Å². The number of benzene rings is 1. The number of nitrogens with one attached hydrogen (secondary N) is 1. The zero-order chi connectivity index (χ0) is 17.0. The van der Waals surface area contributed by atoms with Gasteiger partial charge in [0, 0.05) is 36.9 Å². The molecule has 0 spiro atoms. The van der Waals surface area contributed by atoms with Gasteiger partial charge in [0.2, 0.25) is 0 Å². The highest BCUT2D eigenvalue weighted by Gasteiger charge is 2.21. The maximum Gasteiger partial charge on any atom is 0.0574 e. The predicted octanol–water partition coefficient (Wildman–Crippen LogP) is 2.64. The third kappa shape index (κ3) is 4.93. The lowest BCUT2D eigenvalue weighted by atomic mass is 10.0. The highest BCUT2D eigenvalue weighted by Crippen LogP contribution is 2.23. The van der Waals surface area contributed by atoms with E-state index in [1.165, 1.54) is 11.3 Å². The number of hydrogen-bond acceptors (Lipinski definition) is 4. The summed E-state index contributed by atoms with van der Waals surface area (Å²) in [6.07, 6.45) is 1.63. The second-order valence-corrected chi connectivity index (χ2v) is 7.62. The predicted molar refractivity (Wildman–Crippen MR) is 98.1 cm³/mol. The van der Waals surface area contributed by atoms with Crippen molar-refractivity contribution >= 4 is 5.69 Å². The molecule has 0 radical (unpaired) electrons. The summed E-state index contributed by atoms with van der Waals surface area (Å²) in [6, 6.07) is 9.21. The fourth-order valence-electron chi connectivity index (χ4n) is 2.78. The van der Waals surface area contributed by atoms with Crippen LogP contribution in [-0.4, -0.2) is 55.4 Å². The van der Waals surface area contributed by atoms with Crippen molar-refractivity contribution in [2.45, 2.75) is 51.3 Å². The number of hydrogen-bond donors (Lipinski definition) is 2. The Bertz CT molecular complexity index is 476. The first kappa shape index (κ1) is 18.2. The van der Waals surface area contributed by atoms with Crippen molar-refractivity contribution in [1.82, 2.24) is 10.2 Å². The highest BCUT2D eigenvalue weighted by molar-refractivity contribution is 5.48. The average molecular weight is 319 g/mol. The molecule has 1 aliphatic heterocycles. The molecule has 1 atom stereocenters. The first-order valence-corrected chi connectivity index (χ1v) is 8.73. The Labute approximate surface area is 141 Å². The lowest BCUT2D eigenvalue weighted by Gasteiger charge is -2.34. The molecule has 0 aliphatic carbocycles. The molecule has 1 heterocycles. The van der Waals surface area contributed by atoms with E-state index in [1.54, 1.807) is 0 Å². The van der Waals surface area contributed by atoms with Gasteiger partial charge >= 0.3 is 0 Å². The van der Waals surface area contributed by atoms with Gasteiger partial charge in [-0.25, -0.2) is 0 Å². The monoisotopic (exact) mass is 319 g/mol. The van der Waals surface area contributed by atoms with Crippen molar-refractivity contribution in [1.29, 1.82) is 0 Å². The minimum absolute atomic E-state index is 0.116. The van der Waals surface area contributed by atoms with Gasteiger partial charge in [0.25, 0.3) is 0 Å². The molecule has 0 aromatic heterocycles. The Hall–Kier alpha value is -1.10. The van der Waals surface area contributed by atoms with Crippen molar-refractivity contribution in [2.75, 3.05) is 38.6 Å². The summed E-state index contributed by atoms with van der Waals surface area (Å²) in [7, 11) is 4.24. The summed E-state index contributed by atoms with van der Waals surface area (Å²) in [5.41, 5.74) is 2.73. The van der Waals surface area contributed by atoms with Crippen LogP contribution in [0.25, 0.3) is 0 Å². The minimum atomic E-state index is -0.116. The number of piperidine rings is 1. The van der Waals surface area contributed by atoms with Gasteiger partial charge in [0.15, 0.2) is 0 Å². The van der Waals surface area contributed by atoms with Gasteiger partial charge in [-0.3, -0.25) is 0 Å². The van der Waals surface area contributed by atoms with Gasteiger partial charge < -0.3 is 20.2 Å². The molecular formula is C19H33N3O. The van der Waals surface area contributed by atoms with E-state index < -0.39 is 0 Å². The third-order valence-electron chi connectivity index (χ3n) is 5.27. The van der Waals surface area contributed by atoms with Crippen LogP contribution in [0.4, 0.5) is 5.69 Å².